The molecule has 0 saturated heterocycles. The zero-order chi connectivity index (χ0) is 17.6. The highest BCUT2D eigenvalue weighted by atomic mass is 32.2. The molecule has 3 aromatic rings. The minimum atomic E-state index is -0.0395. The highest BCUT2D eigenvalue weighted by Gasteiger charge is 2.07. The number of thioether (sulfide) groups is 1. The Bertz CT molecular complexity index is 860. The van der Waals surface area contributed by atoms with Gasteiger partial charge in [-0.05, 0) is 24.6 Å². The van der Waals surface area contributed by atoms with Crippen LogP contribution in [-0.2, 0) is 17.1 Å². The van der Waals surface area contributed by atoms with Crippen molar-refractivity contribution in [2.75, 3.05) is 5.75 Å². The lowest BCUT2D eigenvalue weighted by Gasteiger charge is -2.08. The van der Waals surface area contributed by atoms with Crippen LogP contribution in [0.25, 0.3) is 5.82 Å². The summed E-state index contributed by atoms with van der Waals surface area (Å²) in [6.07, 6.45) is 5.31. The average Bonchev–Trinajstić information content (AvgIpc) is 3.21. The Morgan fingerprint density at radius 2 is 2.20 bits per heavy atom. The Morgan fingerprint density at radius 1 is 1.32 bits per heavy atom. The molecule has 3 rings (SSSR count). The molecule has 0 aliphatic heterocycles. The van der Waals surface area contributed by atoms with Crippen molar-refractivity contribution in [3.63, 3.8) is 0 Å². The van der Waals surface area contributed by atoms with Gasteiger partial charge in [0.25, 0.3) is 0 Å². The molecular weight excluding hydrogens is 340 g/mol. The number of carbonyl (C=O) groups is 1. The second-order valence-corrected chi connectivity index (χ2v) is 6.35. The van der Waals surface area contributed by atoms with Gasteiger partial charge in [-0.25, -0.2) is 9.97 Å². The van der Waals surface area contributed by atoms with Crippen molar-refractivity contribution in [2.45, 2.75) is 26.1 Å². The summed E-state index contributed by atoms with van der Waals surface area (Å²) in [6, 6.07) is 3.81. The summed E-state index contributed by atoms with van der Waals surface area (Å²) in [5.74, 6) is 3.62. The van der Waals surface area contributed by atoms with Crippen molar-refractivity contribution >= 4 is 17.7 Å². The van der Waals surface area contributed by atoms with Gasteiger partial charge in [-0.15, -0.1) is 11.8 Å². The molecule has 0 aliphatic rings. The minimum Gasteiger partial charge on any atom is -0.351 e. The molecule has 0 unspecified atom stereocenters. The molecule has 0 fully saturated rings. The number of nitrogens with zero attached hydrogens (tertiary/aromatic N) is 5. The SMILES string of the molecule is Cc1nc(CSCC(=O)NCc2ccnc(-n3ccnc3C)c2)no1. The maximum Gasteiger partial charge on any atom is 0.230 e. The molecule has 25 heavy (non-hydrogen) atoms. The van der Waals surface area contributed by atoms with Crippen LogP contribution in [0, 0.1) is 13.8 Å². The van der Waals surface area contributed by atoms with Gasteiger partial charge in [-0.3, -0.25) is 9.36 Å². The third-order valence-electron chi connectivity index (χ3n) is 3.41. The van der Waals surface area contributed by atoms with Gasteiger partial charge in [0.1, 0.15) is 11.6 Å². The quantitative estimate of drug-likeness (QED) is 0.688. The summed E-state index contributed by atoms with van der Waals surface area (Å²) < 4.78 is 6.79. The Balaban J connectivity index is 1.48. The molecule has 130 valence electrons. The molecule has 0 radical (unpaired) electrons. The fraction of sp³-hybridized carbons (Fsp3) is 0.312. The van der Waals surface area contributed by atoms with Crippen LogP contribution in [0.3, 0.4) is 0 Å². The Morgan fingerprint density at radius 3 is 2.92 bits per heavy atom. The smallest absolute Gasteiger partial charge is 0.230 e. The molecule has 0 atom stereocenters. The summed E-state index contributed by atoms with van der Waals surface area (Å²) in [7, 11) is 0. The van der Waals surface area contributed by atoms with Crippen LogP contribution in [0.2, 0.25) is 0 Å². The standard InChI is InChI=1S/C16H18N6O2S/c1-11-17-5-6-22(11)15-7-13(3-4-18-15)8-19-16(23)10-25-9-14-20-12(2)24-21-14/h3-7H,8-10H2,1-2H3,(H,19,23). The maximum absolute atomic E-state index is 12.0. The van der Waals surface area contributed by atoms with Gasteiger partial charge in [0.15, 0.2) is 5.82 Å². The molecule has 3 aromatic heterocycles. The third kappa shape index (κ3) is 4.66. The number of imidazole rings is 1. The lowest BCUT2D eigenvalue weighted by atomic mass is 10.2. The molecule has 1 N–H and O–H groups in total. The first-order valence-electron chi connectivity index (χ1n) is 7.70. The summed E-state index contributed by atoms with van der Waals surface area (Å²) in [5.41, 5.74) is 0.977. The van der Waals surface area contributed by atoms with Gasteiger partial charge >= 0.3 is 0 Å². The first kappa shape index (κ1) is 17.2. The number of rotatable bonds is 7. The minimum absolute atomic E-state index is 0.0395. The van der Waals surface area contributed by atoms with Crippen LogP contribution in [-0.4, -0.2) is 36.3 Å². The van der Waals surface area contributed by atoms with Crippen molar-refractivity contribution in [1.29, 1.82) is 0 Å². The number of carbonyl (C=O) groups excluding carboxylic acids is 1. The van der Waals surface area contributed by atoms with E-state index < -0.39 is 0 Å². The van der Waals surface area contributed by atoms with Crippen LogP contribution < -0.4 is 5.32 Å². The summed E-state index contributed by atoms with van der Waals surface area (Å²) >= 11 is 1.44. The van der Waals surface area contributed by atoms with Crippen LogP contribution in [0.1, 0.15) is 23.1 Å². The van der Waals surface area contributed by atoms with E-state index >= 15 is 0 Å². The van der Waals surface area contributed by atoms with E-state index in [0.717, 1.165) is 17.2 Å². The van der Waals surface area contributed by atoms with Crippen molar-refractivity contribution in [3.8, 4) is 5.82 Å². The van der Waals surface area contributed by atoms with E-state index in [4.69, 9.17) is 4.52 Å². The average molecular weight is 358 g/mol. The predicted octanol–water partition coefficient (Wildman–Crippen LogP) is 1.82. The highest BCUT2D eigenvalue weighted by molar-refractivity contribution is 7.99. The second-order valence-electron chi connectivity index (χ2n) is 5.37. The topological polar surface area (TPSA) is 98.7 Å². The van der Waals surface area contributed by atoms with Gasteiger partial charge in [-0.1, -0.05) is 5.16 Å². The number of pyridine rings is 1. The fourth-order valence-electron chi connectivity index (χ4n) is 2.21. The Hall–Kier alpha value is -2.68. The fourth-order valence-corrected chi connectivity index (χ4v) is 2.90. The van der Waals surface area contributed by atoms with Crippen molar-refractivity contribution in [2.24, 2.45) is 0 Å². The summed E-state index contributed by atoms with van der Waals surface area (Å²) in [5, 5.41) is 6.70. The monoisotopic (exact) mass is 358 g/mol. The van der Waals surface area contributed by atoms with E-state index in [1.54, 1.807) is 19.3 Å². The van der Waals surface area contributed by atoms with E-state index in [1.807, 2.05) is 29.8 Å². The summed E-state index contributed by atoms with van der Waals surface area (Å²) in [4.78, 5) is 24.6. The van der Waals surface area contributed by atoms with Crippen LogP contribution in [0.15, 0.2) is 35.2 Å². The lowest BCUT2D eigenvalue weighted by molar-refractivity contribution is -0.118. The predicted molar refractivity (Wildman–Crippen MR) is 93.1 cm³/mol. The van der Waals surface area contributed by atoms with Gasteiger partial charge in [0.2, 0.25) is 11.8 Å². The van der Waals surface area contributed by atoms with E-state index in [2.05, 4.69) is 25.4 Å². The van der Waals surface area contributed by atoms with Crippen LogP contribution in [0.4, 0.5) is 0 Å². The summed E-state index contributed by atoms with van der Waals surface area (Å²) in [6.45, 7) is 4.10. The van der Waals surface area contributed by atoms with E-state index in [1.165, 1.54) is 11.8 Å². The van der Waals surface area contributed by atoms with Crippen molar-refractivity contribution < 1.29 is 9.32 Å². The van der Waals surface area contributed by atoms with E-state index in [9.17, 15) is 4.79 Å². The molecule has 0 spiro atoms. The van der Waals surface area contributed by atoms with Crippen LogP contribution >= 0.6 is 11.8 Å². The van der Waals surface area contributed by atoms with Crippen LogP contribution in [0.5, 0.6) is 0 Å². The number of hydrogen-bond acceptors (Lipinski definition) is 7. The van der Waals surface area contributed by atoms with Gasteiger partial charge < -0.3 is 9.84 Å². The molecule has 0 aliphatic carbocycles. The molecule has 0 saturated carbocycles. The molecule has 9 heteroatoms. The highest BCUT2D eigenvalue weighted by Crippen LogP contribution is 2.11. The van der Waals surface area contributed by atoms with Gasteiger partial charge in [0, 0.05) is 32.1 Å². The first-order valence-corrected chi connectivity index (χ1v) is 8.86. The zero-order valence-corrected chi connectivity index (χ0v) is 14.8. The zero-order valence-electron chi connectivity index (χ0n) is 14.0. The van der Waals surface area contributed by atoms with Gasteiger partial charge in [-0.2, -0.15) is 4.98 Å². The Kier molecular flexibility index (Phi) is 5.44. The second kappa shape index (κ2) is 7.93. The molecular formula is C16H18N6O2S. The molecule has 8 nitrogen and oxygen atoms in total. The molecule has 0 bridgehead atoms. The normalized spacial score (nSPS) is 10.8. The lowest BCUT2D eigenvalue weighted by Crippen LogP contribution is -2.24. The largest absolute Gasteiger partial charge is 0.351 e. The number of amides is 1. The molecule has 3 heterocycles. The van der Waals surface area contributed by atoms with Gasteiger partial charge in [0.05, 0.1) is 11.5 Å². The molecule has 1 amide bonds. The number of hydrogen-bond donors (Lipinski definition) is 1. The van der Waals surface area contributed by atoms with Crippen molar-refractivity contribution in [1.82, 2.24) is 30.0 Å². The van der Waals surface area contributed by atoms with E-state index in [-0.39, 0.29) is 5.91 Å². The maximum atomic E-state index is 12.0. The molecule has 0 aromatic carbocycles. The van der Waals surface area contributed by atoms with Crippen molar-refractivity contribution in [3.05, 3.63) is 53.8 Å². The third-order valence-corrected chi connectivity index (χ3v) is 4.33. The van der Waals surface area contributed by atoms with E-state index in [0.29, 0.717) is 29.8 Å². The number of aromatic nitrogens is 5. The number of aryl methyl sites for hydroxylation is 2. The first-order chi connectivity index (χ1) is 12.1. The Labute approximate surface area is 149 Å². The number of nitrogens with one attached hydrogen (secondary N) is 1.